The number of aromatic nitrogens is 6. The summed E-state index contributed by atoms with van der Waals surface area (Å²) in [6, 6.07) is 8.45. The lowest BCUT2D eigenvalue weighted by molar-refractivity contribution is -0.0549. The van der Waals surface area contributed by atoms with Gasteiger partial charge in [-0.2, -0.15) is 23.5 Å². The highest BCUT2D eigenvalue weighted by molar-refractivity contribution is 8.37. The van der Waals surface area contributed by atoms with Gasteiger partial charge in [0.15, 0.2) is 47.0 Å². The van der Waals surface area contributed by atoms with Crippen LogP contribution >= 0.6 is 24.2 Å². The topological polar surface area (TPSA) is 364 Å². The molecule has 3 aromatic heterocycles. The average molecular weight is 1630 g/mol. The zero-order valence-corrected chi connectivity index (χ0v) is 72.6. The fourth-order valence-corrected chi connectivity index (χ4v) is 14.8. The van der Waals surface area contributed by atoms with Crippen LogP contribution in [0.15, 0.2) is 73.0 Å². The van der Waals surface area contributed by atoms with Crippen LogP contribution in [0.3, 0.4) is 0 Å². The van der Waals surface area contributed by atoms with Crippen molar-refractivity contribution in [2.45, 2.75) is 292 Å². The summed E-state index contributed by atoms with van der Waals surface area (Å²) in [5.41, 5.74) is 5.84. The molecule has 4 saturated heterocycles. The van der Waals surface area contributed by atoms with E-state index in [1.165, 1.54) is 60.7 Å². The number of aliphatic hydroxyl groups excluding tert-OH is 3. The minimum Gasteiger partial charge on any atom is -0.409 e. The molecule has 4 aliphatic heterocycles. The molecule has 0 radical (unpaired) electrons. The number of anilines is 2. The molecule has 4 fully saturated rings. The predicted molar refractivity (Wildman–Crippen MR) is 433 cm³/mol. The van der Waals surface area contributed by atoms with Crippen molar-refractivity contribution in [2.75, 3.05) is 45.0 Å². The number of hydrogen-bond donors (Lipinski definition) is 8. The van der Waals surface area contributed by atoms with Gasteiger partial charge in [-0.05, 0) is 109 Å². The van der Waals surface area contributed by atoms with Crippen molar-refractivity contribution in [3.05, 3.63) is 107 Å². The van der Waals surface area contributed by atoms with E-state index in [0.29, 0.717) is 16.6 Å². The zero-order chi connectivity index (χ0) is 79.2. The summed E-state index contributed by atoms with van der Waals surface area (Å²) in [6.07, 6.45) is 2.91. The maximum atomic E-state index is 12.5. The number of rotatable bonds is 18. The highest BCUT2D eigenvalue weighted by atomic mass is 35.7. The Hall–Kier alpha value is -3.58. The predicted octanol–water partition coefficient (Wildman–Crippen LogP) is 12.2. The molecule has 12 atom stereocenters. The van der Waals surface area contributed by atoms with Gasteiger partial charge in [-0.25, -0.2) is 39.7 Å². The first-order chi connectivity index (χ1) is 47.5. The summed E-state index contributed by atoms with van der Waals surface area (Å²) in [7, 11) is 1.66. The Morgan fingerprint density at radius 2 is 1.03 bits per heavy atom. The molecule has 0 saturated carbocycles. The molecule has 27 nitrogen and oxygen atoms in total. The molecule has 604 valence electrons. The van der Waals surface area contributed by atoms with Crippen molar-refractivity contribution < 1.29 is 66.4 Å². The maximum Gasteiger partial charge on any atom is 0.351 e. The normalized spacial score (nSPS) is 22.6. The number of benzene rings is 1. The van der Waals surface area contributed by atoms with E-state index in [2.05, 4.69) is 168 Å². The molecule has 35 heteroatoms. The quantitative estimate of drug-likeness (QED) is 0.0260. The number of nitrogens with one attached hydrogen (secondary N) is 3. The minimum atomic E-state index is -3.72. The first-order valence-electron chi connectivity index (χ1n) is 34.8. The number of aliphatic hydroxyl groups is 3. The SMILES string of the molecule is C.C1CCOC1.CC.CC.CC(C)c1cc(C(C)C)c(S(=O)(=O)Cl)c(C(C)C)c1.CC[C@H]1O[C@@H](n2ccc(=O)[nH]c2=O)C(O[Si](C)(C)C(C)(C)C)[C@H]1C.CC[C@H]1O[C@@H](n2ccc(NOC)nc2=O)C(O[Si](C)(C)C(C)(C)C)[C@H]1C.CONc1ccn([C@@H]2O[C@H](CO)[C@H](O)C2O)c(=O)n1.NO.S.S=S=S. The number of nitrogens with two attached hydrogens (primary N) is 1. The third kappa shape index (κ3) is 30.7. The largest absolute Gasteiger partial charge is 0.409 e. The molecule has 4 aromatic rings. The number of halogens is 1. The van der Waals surface area contributed by atoms with Gasteiger partial charge in [-0.3, -0.25) is 33.2 Å². The van der Waals surface area contributed by atoms with E-state index >= 15 is 0 Å². The van der Waals surface area contributed by atoms with E-state index in [4.69, 9.17) is 53.6 Å². The Balaban J connectivity index is -0.00000123. The number of nitrogens with zero attached hydrogens (tertiary/aromatic N) is 5. The number of hydrogen-bond acceptors (Lipinski definition) is 25. The Morgan fingerprint density at radius 3 is 1.31 bits per heavy atom. The van der Waals surface area contributed by atoms with E-state index in [-0.39, 0.29) is 90.6 Å². The summed E-state index contributed by atoms with van der Waals surface area (Å²) >= 11 is 8.25. The highest BCUT2D eigenvalue weighted by Crippen LogP contribution is 2.46. The first kappa shape index (κ1) is 105. The molecule has 3 unspecified atom stereocenters. The lowest BCUT2D eigenvalue weighted by atomic mass is 9.89. The summed E-state index contributed by atoms with van der Waals surface area (Å²) in [4.78, 5) is 67.6. The molecule has 104 heavy (non-hydrogen) atoms. The van der Waals surface area contributed by atoms with Crippen LogP contribution in [0.4, 0.5) is 11.6 Å². The third-order valence-corrected chi connectivity index (χ3v) is 28.5. The zero-order valence-electron chi connectivity index (χ0n) is 65.6. The lowest BCUT2D eigenvalue weighted by Crippen LogP contribution is -2.47. The molecule has 4 aliphatic rings. The van der Waals surface area contributed by atoms with E-state index in [1.807, 2.05) is 67.5 Å². The van der Waals surface area contributed by atoms with E-state index in [1.54, 1.807) is 12.3 Å². The monoisotopic (exact) mass is 1620 g/mol. The number of aromatic amines is 1. The Labute approximate surface area is 645 Å². The second-order valence-electron chi connectivity index (χ2n) is 28.0. The van der Waals surface area contributed by atoms with Gasteiger partial charge in [0.05, 0.1) is 50.1 Å². The second-order valence-corrected chi connectivity index (χ2v) is 41.8. The second kappa shape index (κ2) is 49.5. The van der Waals surface area contributed by atoms with E-state index in [0.717, 1.165) is 56.2 Å². The van der Waals surface area contributed by atoms with Crippen molar-refractivity contribution >= 4 is 92.8 Å². The van der Waals surface area contributed by atoms with Crippen LogP contribution in [-0.4, -0.2) is 151 Å². The van der Waals surface area contributed by atoms with Crippen molar-refractivity contribution in [1.82, 2.24) is 28.7 Å². The fourth-order valence-electron chi connectivity index (χ4n) is 10.4. The summed E-state index contributed by atoms with van der Waals surface area (Å²) in [5.74, 6) is 5.06. The smallest absolute Gasteiger partial charge is 0.351 e. The summed E-state index contributed by atoms with van der Waals surface area (Å²) < 4.78 is 63.7. The minimum absolute atomic E-state index is 0. The van der Waals surface area contributed by atoms with E-state index < -0.39 is 86.2 Å². The first-order valence-corrected chi connectivity index (χ1v) is 45.6. The van der Waals surface area contributed by atoms with Crippen molar-refractivity contribution in [3.63, 3.8) is 0 Å². The van der Waals surface area contributed by atoms with E-state index in [9.17, 15) is 37.8 Å². The van der Waals surface area contributed by atoms with Crippen LogP contribution in [0.25, 0.3) is 0 Å². The Bertz CT molecular complexity index is 3460. The molecular formula is C69H130ClN9O18S5Si2. The molecule has 0 spiro atoms. The van der Waals surface area contributed by atoms with Gasteiger partial charge < -0.3 is 48.3 Å². The van der Waals surface area contributed by atoms with Crippen LogP contribution in [-0.2, 0) is 77.8 Å². The third-order valence-electron chi connectivity index (χ3n) is 18.1. The average Bonchev–Trinajstić information content (AvgIpc) is 1.44. The molecule has 9 N–H and O–H groups in total. The number of H-pyrrole nitrogens is 1. The van der Waals surface area contributed by atoms with Crippen LogP contribution in [0, 0.1) is 11.8 Å². The van der Waals surface area contributed by atoms with Crippen molar-refractivity contribution in [2.24, 2.45) is 17.7 Å². The molecule has 0 bridgehead atoms. The Kier molecular flexibility index (Phi) is 49.8. The summed E-state index contributed by atoms with van der Waals surface area (Å²) in [6.45, 7) is 52.2. The standard InChI is InChI=1S/C18H33N3O4Si.C17H30N2O4Si.C15H23ClO2S.C10H15N3O6.C4H8O.2C2H6.CH4.H3NO.S3.H2S/c1-9-13-12(2)15(25-26(7,8)18(3,4)5)16(24-13)21-11-10-14(20-23-6)19-17(21)22;1-8-12-11(2)14(23-24(6,7)17(3,4)5)15(22-12)19-10-9-13(20)18-16(19)21;1-9(2)12-7-13(10(3)4)15(19(16,17)18)14(8-12)11(5)6;1-18-12-6-2-3-13(10(17)11-6)9-8(16)7(15)5(4-14)19-9;1-2-4-5-3-1;2*1-2;;1-2;1-3-2;/h10-13,15-16H,9H2,1-8H3,(H,19,20,22);9-12,14-15H,8H2,1-7H3,(H,18,20,21);7-11H,1-6H3;2-3,5,7-9,14-16H,4H2,1H3,(H,11,12,17);1-4H2;2*1-2H3;1H4;2H,1H2;;1H2/t12-,13+,15?,16+;11-,12+,14?,15+;;5-,7+,8?,9-;;;;;;;/m00.1......./s1. The summed E-state index contributed by atoms with van der Waals surface area (Å²) in [5, 5.41) is 35.0. The van der Waals surface area contributed by atoms with Gasteiger partial charge in [0.2, 0.25) is 0 Å². The van der Waals surface area contributed by atoms with Crippen LogP contribution in [0.1, 0.15) is 225 Å². The van der Waals surface area contributed by atoms with Gasteiger partial charge in [-0.1, -0.05) is 158 Å². The van der Waals surface area contributed by atoms with Gasteiger partial charge in [0, 0.05) is 91.6 Å². The molecule has 8 rings (SSSR count). The van der Waals surface area contributed by atoms with Crippen molar-refractivity contribution in [3.8, 4) is 0 Å². The van der Waals surface area contributed by atoms with Crippen molar-refractivity contribution in [1.29, 1.82) is 0 Å². The van der Waals surface area contributed by atoms with Crippen LogP contribution in [0.2, 0.25) is 36.3 Å². The number of ether oxygens (including phenoxy) is 4. The molecule has 1 aromatic carbocycles. The van der Waals surface area contributed by atoms with Gasteiger partial charge in [0.1, 0.15) is 18.3 Å². The van der Waals surface area contributed by atoms with Crippen LogP contribution in [0.5, 0.6) is 0 Å². The molecule has 0 aliphatic carbocycles. The molecule has 7 heterocycles. The highest BCUT2D eigenvalue weighted by Gasteiger charge is 2.51. The van der Waals surface area contributed by atoms with Gasteiger partial charge in [-0.15, -0.1) is 0 Å². The van der Waals surface area contributed by atoms with Gasteiger partial charge >= 0.3 is 17.1 Å². The molecular weight excluding hydrogens is 1490 g/mol. The fraction of sp³-hybridized carbons (Fsp3) is 0.739. The lowest BCUT2D eigenvalue weighted by Gasteiger charge is -2.40. The van der Waals surface area contributed by atoms with Crippen LogP contribution < -0.4 is 39.5 Å². The Morgan fingerprint density at radius 1 is 0.673 bits per heavy atom. The van der Waals surface area contributed by atoms with Gasteiger partial charge in [0.25, 0.3) is 14.6 Å². The maximum absolute atomic E-state index is 12.5. The molecule has 0 amide bonds.